The van der Waals surface area contributed by atoms with Crippen LogP contribution in [0.15, 0.2) is 48.7 Å². The molecule has 0 saturated carbocycles. The van der Waals surface area contributed by atoms with Gasteiger partial charge in [0.05, 0.1) is 5.92 Å². The Bertz CT molecular complexity index is 849. The third-order valence-electron chi connectivity index (χ3n) is 5.81. The van der Waals surface area contributed by atoms with Gasteiger partial charge in [-0.3, -0.25) is 9.59 Å². The molecule has 2 aliphatic heterocycles. The normalized spacial score (nSPS) is 19.0. The zero-order valence-electron chi connectivity index (χ0n) is 16.7. The van der Waals surface area contributed by atoms with Crippen LogP contribution >= 0.6 is 0 Å². The number of rotatable bonds is 7. The average Bonchev–Trinajstić information content (AvgIpc) is 3.42. The van der Waals surface area contributed by atoms with Crippen LogP contribution in [0, 0.1) is 5.92 Å². The zero-order chi connectivity index (χ0) is 20.1. The van der Waals surface area contributed by atoms with Crippen molar-refractivity contribution in [3.8, 4) is 0 Å². The average molecular weight is 393 g/mol. The van der Waals surface area contributed by atoms with Crippen LogP contribution in [-0.4, -0.2) is 47.9 Å². The van der Waals surface area contributed by atoms with Crippen molar-refractivity contribution in [3.05, 3.63) is 59.8 Å². The Morgan fingerprint density at radius 3 is 2.69 bits per heavy atom. The Morgan fingerprint density at radius 2 is 1.90 bits per heavy atom. The standard InChI is InChI=1S/C23H28N4O2/c28-22-15-20(17-27(22)13-9-18-6-2-1-3-7-18)23(29)25-16-19-8-10-24-21(14-19)26-11-4-5-12-26/h1-3,6-8,10,14,20H,4-5,9,11-13,15-17H2,(H,25,29). The minimum absolute atomic E-state index is 0.0416. The number of likely N-dealkylation sites (tertiary alicyclic amines) is 1. The van der Waals surface area contributed by atoms with Gasteiger partial charge in [0.15, 0.2) is 0 Å². The lowest BCUT2D eigenvalue weighted by atomic mass is 10.1. The lowest BCUT2D eigenvalue weighted by molar-refractivity contribution is -0.129. The monoisotopic (exact) mass is 392 g/mol. The molecule has 6 nitrogen and oxygen atoms in total. The van der Waals surface area contributed by atoms with E-state index in [4.69, 9.17) is 0 Å². The Labute approximate surface area is 171 Å². The lowest BCUT2D eigenvalue weighted by Gasteiger charge is -2.18. The minimum Gasteiger partial charge on any atom is -0.357 e. The molecule has 2 aliphatic rings. The number of hydrogen-bond acceptors (Lipinski definition) is 4. The summed E-state index contributed by atoms with van der Waals surface area (Å²) < 4.78 is 0. The first-order valence-electron chi connectivity index (χ1n) is 10.5. The van der Waals surface area contributed by atoms with E-state index in [0.717, 1.165) is 30.9 Å². The summed E-state index contributed by atoms with van der Waals surface area (Å²) in [4.78, 5) is 33.5. The summed E-state index contributed by atoms with van der Waals surface area (Å²) in [5.74, 6) is 0.747. The molecule has 0 spiro atoms. The van der Waals surface area contributed by atoms with Crippen LogP contribution in [0.1, 0.15) is 30.4 Å². The number of anilines is 1. The molecular formula is C23H28N4O2. The van der Waals surface area contributed by atoms with E-state index in [1.54, 1.807) is 6.20 Å². The molecular weight excluding hydrogens is 364 g/mol. The van der Waals surface area contributed by atoms with E-state index in [1.807, 2.05) is 29.2 Å². The van der Waals surface area contributed by atoms with Gasteiger partial charge in [-0.15, -0.1) is 0 Å². The van der Waals surface area contributed by atoms with Crippen molar-refractivity contribution in [2.75, 3.05) is 31.1 Å². The van der Waals surface area contributed by atoms with E-state index in [0.29, 0.717) is 26.1 Å². The number of carbonyl (C=O) groups is 2. The third kappa shape index (κ3) is 4.94. The Hall–Kier alpha value is -2.89. The largest absolute Gasteiger partial charge is 0.357 e. The molecule has 29 heavy (non-hydrogen) atoms. The summed E-state index contributed by atoms with van der Waals surface area (Å²) in [5, 5.41) is 3.01. The molecule has 3 heterocycles. The minimum atomic E-state index is -0.266. The van der Waals surface area contributed by atoms with Crippen molar-refractivity contribution in [1.29, 1.82) is 0 Å². The highest BCUT2D eigenvalue weighted by Gasteiger charge is 2.33. The van der Waals surface area contributed by atoms with Crippen molar-refractivity contribution < 1.29 is 9.59 Å². The number of pyridine rings is 1. The summed E-state index contributed by atoms with van der Waals surface area (Å²) in [6.45, 7) is 3.73. The van der Waals surface area contributed by atoms with Crippen molar-refractivity contribution in [1.82, 2.24) is 15.2 Å². The van der Waals surface area contributed by atoms with Crippen molar-refractivity contribution in [3.63, 3.8) is 0 Å². The number of nitrogens with zero attached hydrogens (tertiary/aromatic N) is 3. The SMILES string of the molecule is O=C(NCc1ccnc(N2CCCC2)c1)C1CC(=O)N(CCc2ccccc2)C1. The van der Waals surface area contributed by atoms with Crippen LogP contribution in [0.2, 0.25) is 0 Å². The van der Waals surface area contributed by atoms with E-state index in [9.17, 15) is 9.59 Å². The topological polar surface area (TPSA) is 65.5 Å². The van der Waals surface area contributed by atoms with Crippen LogP contribution in [-0.2, 0) is 22.6 Å². The van der Waals surface area contributed by atoms with Gasteiger partial charge in [0.2, 0.25) is 11.8 Å². The van der Waals surface area contributed by atoms with Gasteiger partial charge in [0.25, 0.3) is 0 Å². The molecule has 2 amide bonds. The first kappa shape index (κ1) is 19.4. The van der Waals surface area contributed by atoms with Gasteiger partial charge in [-0.2, -0.15) is 0 Å². The highest BCUT2D eigenvalue weighted by Crippen LogP contribution is 2.20. The summed E-state index contributed by atoms with van der Waals surface area (Å²) in [6, 6.07) is 14.1. The molecule has 1 aromatic carbocycles. The quantitative estimate of drug-likeness (QED) is 0.786. The summed E-state index contributed by atoms with van der Waals surface area (Å²) in [7, 11) is 0. The van der Waals surface area contributed by atoms with Crippen molar-refractivity contribution >= 4 is 17.6 Å². The molecule has 1 N–H and O–H groups in total. The number of hydrogen-bond donors (Lipinski definition) is 1. The first-order chi connectivity index (χ1) is 14.2. The molecule has 0 aliphatic carbocycles. The maximum Gasteiger partial charge on any atom is 0.225 e. The highest BCUT2D eigenvalue weighted by molar-refractivity contribution is 5.89. The second-order valence-electron chi connectivity index (χ2n) is 7.91. The van der Waals surface area contributed by atoms with Gasteiger partial charge < -0.3 is 15.1 Å². The van der Waals surface area contributed by atoms with E-state index in [1.165, 1.54) is 18.4 Å². The molecule has 2 saturated heterocycles. The summed E-state index contributed by atoms with van der Waals surface area (Å²) >= 11 is 0. The smallest absolute Gasteiger partial charge is 0.225 e. The predicted molar refractivity (Wildman–Crippen MR) is 112 cm³/mol. The Kier molecular flexibility index (Phi) is 6.08. The predicted octanol–water partition coefficient (Wildman–Crippen LogP) is 2.39. The molecule has 0 radical (unpaired) electrons. The van der Waals surface area contributed by atoms with Gasteiger partial charge in [-0.25, -0.2) is 4.98 Å². The lowest BCUT2D eigenvalue weighted by Crippen LogP contribution is -2.33. The molecule has 1 atom stereocenters. The van der Waals surface area contributed by atoms with E-state index in [-0.39, 0.29) is 17.7 Å². The summed E-state index contributed by atoms with van der Waals surface area (Å²) in [6.07, 6.45) is 5.34. The van der Waals surface area contributed by atoms with Gasteiger partial charge in [0.1, 0.15) is 5.82 Å². The van der Waals surface area contributed by atoms with Crippen LogP contribution < -0.4 is 10.2 Å². The highest BCUT2D eigenvalue weighted by atomic mass is 16.2. The number of nitrogens with one attached hydrogen (secondary N) is 1. The van der Waals surface area contributed by atoms with Crippen LogP contribution in [0.5, 0.6) is 0 Å². The summed E-state index contributed by atoms with van der Waals surface area (Å²) in [5.41, 5.74) is 2.25. The van der Waals surface area contributed by atoms with E-state index < -0.39 is 0 Å². The third-order valence-corrected chi connectivity index (χ3v) is 5.81. The second kappa shape index (κ2) is 9.07. The van der Waals surface area contributed by atoms with Gasteiger partial charge in [-0.05, 0) is 42.5 Å². The molecule has 0 bridgehead atoms. The fourth-order valence-electron chi connectivity index (χ4n) is 4.10. The van der Waals surface area contributed by atoms with Crippen molar-refractivity contribution in [2.24, 2.45) is 5.92 Å². The van der Waals surface area contributed by atoms with E-state index >= 15 is 0 Å². The maximum atomic E-state index is 12.6. The fourth-order valence-corrected chi connectivity index (χ4v) is 4.10. The van der Waals surface area contributed by atoms with Crippen LogP contribution in [0.4, 0.5) is 5.82 Å². The van der Waals surface area contributed by atoms with Crippen LogP contribution in [0.25, 0.3) is 0 Å². The molecule has 4 rings (SSSR count). The zero-order valence-corrected chi connectivity index (χ0v) is 16.7. The maximum absolute atomic E-state index is 12.6. The van der Waals surface area contributed by atoms with Gasteiger partial charge in [-0.1, -0.05) is 30.3 Å². The number of benzene rings is 1. The van der Waals surface area contributed by atoms with Crippen molar-refractivity contribution in [2.45, 2.75) is 32.2 Å². The van der Waals surface area contributed by atoms with Crippen LogP contribution in [0.3, 0.4) is 0 Å². The fraction of sp³-hybridized carbons (Fsp3) is 0.435. The molecule has 152 valence electrons. The van der Waals surface area contributed by atoms with E-state index in [2.05, 4.69) is 33.4 Å². The molecule has 2 aromatic rings. The molecule has 1 aromatic heterocycles. The van der Waals surface area contributed by atoms with Gasteiger partial charge in [0, 0.05) is 45.3 Å². The number of aromatic nitrogens is 1. The Morgan fingerprint density at radius 1 is 1.10 bits per heavy atom. The molecule has 2 fully saturated rings. The Balaban J connectivity index is 1.27. The number of carbonyl (C=O) groups excluding carboxylic acids is 2. The number of amides is 2. The first-order valence-corrected chi connectivity index (χ1v) is 10.5. The molecule has 6 heteroatoms. The molecule has 1 unspecified atom stereocenters. The van der Waals surface area contributed by atoms with Gasteiger partial charge >= 0.3 is 0 Å². The second-order valence-corrected chi connectivity index (χ2v) is 7.91.